The zero-order valence-corrected chi connectivity index (χ0v) is 16.2. The summed E-state index contributed by atoms with van der Waals surface area (Å²) >= 11 is 0. The van der Waals surface area contributed by atoms with Gasteiger partial charge in [-0.05, 0) is 36.4 Å². The molecule has 4 aromatic rings. The number of carbonyl (C=O) groups is 2. The Morgan fingerprint density at radius 3 is 2.52 bits per heavy atom. The van der Waals surface area contributed by atoms with E-state index in [0.717, 1.165) is 0 Å². The van der Waals surface area contributed by atoms with Crippen LogP contribution in [0.3, 0.4) is 0 Å². The first-order chi connectivity index (χ1) is 15.0. The summed E-state index contributed by atoms with van der Waals surface area (Å²) < 4.78 is 15.5. The van der Waals surface area contributed by atoms with Crippen molar-refractivity contribution in [3.63, 3.8) is 0 Å². The van der Waals surface area contributed by atoms with Crippen LogP contribution in [0.4, 0.5) is 10.1 Å². The molecule has 2 aromatic heterocycles. The van der Waals surface area contributed by atoms with E-state index in [1.54, 1.807) is 42.5 Å². The number of carbonyl (C=O) groups excluding carboxylic acids is 2. The van der Waals surface area contributed by atoms with Gasteiger partial charge in [-0.25, -0.2) is 9.37 Å². The fraction of sp³-hybridized carbons (Fsp3) is 0.0435. The second kappa shape index (κ2) is 8.19. The van der Waals surface area contributed by atoms with E-state index < -0.39 is 23.2 Å². The van der Waals surface area contributed by atoms with Crippen molar-refractivity contribution >= 4 is 28.5 Å². The molecule has 0 atom stereocenters. The van der Waals surface area contributed by atoms with Gasteiger partial charge in [0, 0.05) is 17.1 Å². The Morgan fingerprint density at radius 1 is 1.00 bits per heavy atom. The van der Waals surface area contributed by atoms with Crippen LogP contribution in [0.1, 0.15) is 26.3 Å². The van der Waals surface area contributed by atoms with Gasteiger partial charge in [0.1, 0.15) is 17.0 Å². The van der Waals surface area contributed by atoms with Crippen LogP contribution in [0.2, 0.25) is 0 Å². The average molecular weight is 416 g/mol. The Morgan fingerprint density at radius 2 is 1.74 bits per heavy atom. The Kier molecular flexibility index (Phi) is 5.28. The van der Waals surface area contributed by atoms with E-state index in [1.165, 1.54) is 35.0 Å². The van der Waals surface area contributed by atoms with E-state index in [4.69, 9.17) is 5.73 Å². The van der Waals surface area contributed by atoms with Crippen molar-refractivity contribution in [2.24, 2.45) is 5.73 Å². The van der Waals surface area contributed by atoms with Gasteiger partial charge < -0.3 is 11.1 Å². The number of anilines is 1. The summed E-state index contributed by atoms with van der Waals surface area (Å²) in [5.41, 5.74) is 5.46. The number of fused-ring (bicyclic) bond motifs is 1. The average Bonchev–Trinajstić information content (AvgIpc) is 2.77. The molecular formula is C23H17FN4O3. The molecule has 4 rings (SSSR count). The molecule has 2 heterocycles. The highest BCUT2D eigenvalue weighted by Crippen LogP contribution is 2.18. The van der Waals surface area contributed by atoms with E-state index in [9.17, 15) is 18.8 Å². The number of pyridine rings is 2. The van der Waals surface area contributed by atoms with Gasteiger partial charge in [-0.2, -0.15) is 0 Å². The van der Waals surface area contributed by atoms with Gasteiger partial charge in [-0.3, -0.25) is 19.0 Å². The van der Waals surface area contributed by atoms with Gasteiger partial charge in [0.15, 0.2) is 0 Å². The normalized spacial score (nSPS) is 10.7. The minimum absolute atomic E-state index is 0.0992. The summed E-state index contributed by atoms with van der Waals surface area (Å²) in [5.74, 6) is -1.90. The fourth-order valence-corrected chi connectivity index (χ4v) is 3.31. The van der Waals surface area contributed by atoms with Crippen molar-refractivity contribution in [2.45, 2.75) is 6.54 Å². The predicted molar refractivity (Wildman–Crippen MR) is 114 cm³/mol. The minimum atomic E-state index is -0.716. The number of primary amides is 1. The van der Waals surface area contributed by atoms with Crippen LogP contribution in [-0.4, -0.2) is 21.4 Å². The lowest BCUT2D eigenvalue weighted by Crippen LogP contribution is -2.31. The van der Waals surface area contributed by atoms with Crippen molar-refractivity contribution in [3.8, 4) is 0 Å². The number of nitrogens with two attached hydrogens (primary N) is 1. The number of para-hydroxylation sites is 1. The summed E-state index contributed by atoms with van der Waals surface area (Å²) in [7, 11) is 0. The quantitative estimate of drug-likeness (QED) is 0.522. The number of rotatable bonds is 5. The van der Waals surface area contributed by atoms with Gasteiger partial charge in [0.05, 0.1) is 17.8 Å². The van der Waals surface area contributed by atoms with Crippen molar-refractivity contribution in [1.29, 1.82) is 0 Å². The molecule has 8 heteroatoms. The molecule has 2 aromatic carbocycles. The van der Waals surface area contributed by atoms with Crippen LogP contribution >= 0.6 is 0 Å². The lowest BCUT2D eigenvalue weighted by molar-refractivity contribution is 0.100. The SMILES string of the molecule is NC(=O)c1ccccc1NC(=O)c1cc2cccnc2n(Cc2ccccc2F)c1=O. The first-order valence-corrected chi connectivity index (χ1v) is 9.38. The van der Waals surface area contributed by atoms with Crippen LogP contribution in [0, 0.1) is 5.82 Å². The van der Waals surface area contributed by atoms with Crippen LogP contribution in [0.25, 0.3) is 11.0 Å². The summed E-state index contributed by atoms with van der Waals surface area (Å²) in [6.45, 7) is -0.0992. The number of amides is 2. The topological polar surface area (TPSA) is 107 Å². The summed E-state index contributed by atoms with van der Waals surface area (Å²) in [4.78, 5) is 42.0. The number of aromatic nitrogens is 2. The third kappa shape index (κ3) is 3.91. The molecule has 7 nitrogen and oxygen atoms in total. The number of nitrogens with zero attached hydrogens (tertiary/aromatic N) is 2. The number of hydrogen-bond acceptors (Lipinski definition) is 4. The lowest BCUT2D eigenvalue weighted by atomic mass is 10.1. The molecule has 3 N–H and O–H groups in total. The van der Waals surface area contributed by atoms with Crippen molar-refractivity contribution < 1.29 is 14.0 Å². The molecule has 2 amide bonds. The van der Waals surface area contributed by atoms with Crippen molar-refractivity contribution in [1.82, 2.24) is 9.55 Å². The highest BCUT2D eigenvalue weighted by Gasteiger charge is 2.19. The number of hydrogen-bond donors (Lipinski definition) is 2. The highest BCUT2D eigenvalue weighted by molar-refractivity contribution is 6.09. The minimum Gasteiger partial charge on any atom is -0.366 e. The Balaban J connectivity index is 1.81. The van der Waals surface area contributed by atoms with Crippen LogP contribution in [-0.2, 0) is 6.54 Å². The third-order valence-electron chi connectivity index (χ3n) is 4.82. The molecule has 0 saturated carbocycles. The zero-order valence-electron chi connectivity index (χ0n) is 16.2. The second-order valence-electron chi connectivity index (χ2n) is 6.82. The van der Waals surface area contributed by atoms with E-state index in [2.05, 4.69) is 10.3 Å². The van der Waals surface area contributed by atoms with Gasteiger partial charge >= 0.3 is 0 Å². The molecule has 0 radical (unpaired) electrons. The number of halogens is 1. The van der Waals surface area contributed by atoms with E-state index in [1.807, 2.05) is 0 Å². The summed E-state index contributed by atoms with van der Waals surface area (Å²) in [6.07, 6.45) is 1.52. The van der Waals surface area contributed by atoms with Gasteiger partial charge in [0.25, 0.3) is 17.4 Å². The van der Waals surface area contributed by atoms with E-state index >= 15 is 0 Å². The van der Waals surface area contributed by atoms with Crippen LogP contribution < -0.4 is 16.6 Å². The molecule has 154 valence electrons. The molecule has 0 fully saturated rings. The molecular weight excluding hydrogens is 399 g/mol. The Bertz CT molecular complexity index is 1380. The fourth-order valence-electron chi connectivity index (χ4n) is 3.31. The first kappa shape index (κ1) is 20.0. The Hall–Kier alpha value is -4.33. The second-order valence-corrected chi connectivity index (χ2v) is 6.82. The summed E-state index contributed by atoms with van der Waals surface area (Å²) in [5, 5.41) is 3.10. The predicted octanol–water partition coefficient (Wildman–Crippen LogP) is 2.94. The Labute approximate surface area is 176 Å². The molecule has 0 aliphatic rings. The third-order valence-corrected chi connectivity index (χ3v) is 4.82. The molecule has 0 unspecified atom stereocenters. The smallest absolute Gasteiger partial charge is 0.265 e. The first-order valence-electron chi connectivity index (χ1n) is 9.38. The van der Waals surface area contributed by atoms with E-state index in [0.29, 0.717) is 11.0 Å². The zero-order chi connectivity index (χ0) is 22.0. The molecule has 0 saturated heterocycles. The monoisotopic (exact) mass is 416 g/mol. The van der Waals surface area contributed by atoms with Gasteiger partial charge in [-0.1, -0.05) is 30.3 Å². The molecule has 31 heavy (non-hydrogen) atoms. The highest BCUT2D eigenvalue weighted by atomic mass is 19.1. The molecule has 0 bridgehead atoms. The number of nitrogens with one attached hydrogen (secondary N) is 1. The number of benzene rings is 2. The molecule has 0 aliphatic carbocycles. The van der Waals surface area contributed by atoms with Crippen molar-refractivity contribution in [3.05, 3.63) is 106 Å². The van der Waals surface area contributed by atoms with Crippen LogP contribution in [0.15, 0.2) is 77.7 Å². The maximum absolute atomic E-state index is 14.2. The van der Waals surface area contributed by atoms with Gasteiger partial charge in [0.2, 0.25) is 0 Å². The van der Waals surface area contributed by atoms with Crippen molar-refractivity contribution in [2.75, 3.05) is 5.32 Å². The van der Waals surface area contributed by atoms with E-state index in [-0.39, 0.29) is 28.9 Å². The molecule has 0 spiro atoms. The van der Waals surface area contributed by atoms with Crippen LogP contribution in [0.5, 0.6) is 0 Å². The largest absolute Gasteiger partial charge is 0.366 e. The maximum atomic E-state index is 14.2. The van der Waals surface area contributed by atoms with Gasteiger partial charge in [-0.15, -0.1) is 0 Å². The lowest BCUT2D eigenvalue weighted by Gasteiger charge is -2.13. The maximum Gasteiger partial charge on any atom is 0.265 e. The molecule has 0 aliphatic heterocycles. The summed E-state index contributed by atoms with van der Waals surface area (Å²) in [6, 6.07) is 17.1. The standard InChI is InChI=1S/C23H17FN4O3/c24-18-9-3-1-6-15(18)13-28-21-14(7-5-11-26-21)12-17(23(28)31)22(30)27-19-10-4-2-8-16(19)20(25)29/h1-12H,13H2,(H2,25,29)(H,27,30).